The van der Waals surface area contributed by atoms with Crippen LogP contribution < -0.4 is 0 Å². The first-order chi connectivity index (χ1) is 9.01. The van der Waals surface area contributed by atoms with Crippen molar-refractivity contribution in [2.45, 2.75) is 6.92 Å². The van der Waals surface area contributed by atoms with Gasteiger partial charge in [-0.25, -0.2) is 18.0 Å². The van der Waals surface area contributed by atoms with E-state index in [-0.39, 0.29) is 6.61 Å². The summed E-state index contributed by atoms with van der Waals surface area (Å²) in [6.07, 6.45) is 0.773. The minimum atomic E-state index is -1.68. The van der Waals surface area contributed by atoms with Crippen LogP contribution in [0.15, 0.2) is 22.9 Å². The number of azide groups is 1. The molecule has 0 fully saturated rings. The lowest BCUT2D eigenvalue weighted by Gasteiger charge is -2.03. The van der Waals surface area contributed by atoms with Gasteiger partial charge in [0.2, 0.25) is 0 Å². The van der Waals surface area contributed by atoms with E-state index in [1.165, 1.54) is 6.92 Å². The standard InChI is InChI=1S/C11H8F3N3O2/c1-2-19-11(18)8(16-17-15)5-6-3-4-7(12)10(14)9(6)13/h3-5H,2H2,1H3/b8-5-. The van der Waals surface area contributed by atoms with E-state index in [4.69, 9.17) is 5.53 Å². The molecule has 1 aromatic rings. The fourth-order valence-electron chi connectivity index (χ4n) is 1.18. The summed E-state index contributed by atoms with van der Waals surface area (Å²) in [5.74, 6) is -5.53. The van der Waals surface area contributed by atoms with Gasteiger partial charge in [-0.3, -0.25) is 0 Å². The van der Waals surface area contributed by atoms with Crippen LogP contribution in [0.4, 0.5) is 13.2 Å². The molecule has 1 rings (SSSR count). The van der Waals surface area contributed by atoms with Gasteiger partial charge in [-0.1, -0.05) is 5.11 Å². The fourth-order valence-corrected chi connectivity index (χ4v) is 1.18. The molecule has 0 aromatic heterocycles. The smallest absolute Gasteiger partial charge is 0.340 e. The molecule has 1 aromatic carbocycles. The highest BCUT2D eigenvalue weighted by molar-refractivity contribution is 5.93. The third-order valence-electron chi connectivity index (χ3n) is 1.99. The Morgan fingerprint density at radius 2 is 2.11 bits per heavy atom. The van der Waals surface area contributed by atoms with Crippen LogP contribution in [0, 0.1) is 17.5 Å². The third kappa shape index (κ3) is 3.49. The lowest BCUT2D eigenvalue weighted by atomic mass is 10.1. The maximum absolute atomic E-state index is 13.4. The van der Waals surface area contributed by atoms with Crippen molar-refractivity contribution in [3.05, 3.63) is 51.3 Å². The highest BCUT2D eigenvalue weighted by atomic mass is 19.2. The fraction of sp³-hybridized carbons (Fsp3) is 0.182. The molecule has 0 aliphatic rings. The number of hydrogen-bond acceptors (Lipinski definition) is 3. The van der Waals surface area contributed by atoms with E-state index in [1.54, 1.807) is 0 Å². The number of hydrogen-bond donors (Lipinski definition) is 0. The number of carbonyl (C=O) groups excluding carboxylic acids is 1. The molecule has 0 saturated heterocycles. The molecule has 0 spiro atoms. The number of benzene rings is 1. The monoisotopic (exact) mass is 271 g/mol. The van der Waals surface area contributed by atoms with Gasteiger partial charge < -0.3 is 4.74 Å². The van der Waals surface area contributed by atoms with E-state index in [0.29, 0.717) is 6.07 Å². The van der Waals surface area contributed by atoms with E-state index < -0.39 is 34.7 Å². The number of rotatable bonds is 4. The number of ether oxygens (including phenoxy) is 1. The van der Waals surface area contributed by atoms with Crippen molar-refractivity contribution >= 4 is 12.0 Å². The Hall–Kier alpha value is -2.47. The molecule has 19 heavy (non-hydrogen) atoms. The van der Waals surface area contributed by atoms with E-state index in [2.05, 4.69) is 14.8 Å². The Balaban J connectivity index is 3.27. The first kappa shape index (κ1) is 14.6. The summed E-state index contributed by atoms with van der Waals surface area (Å²) in [6, 6.07) is 1.59. The summed E-state index contributed by atoms with van der Waals surface area (Å²) in [7, 11) is 0. The van der Waals surface area contributed by atoms with Crippen molar-refractivity contribution in [1.82, 2.24) is 0 Å². The highest BCUT2D eigenvalue weighted by Crippen LogP contribution is 2.18. The van der Waals surface area contributed by atoms with Gasteiger partial charge in [0.05, 0.1) is 6.61 Å². The van der Waals surface area contributed by atoms with E-state index in [1.807, 2.05) is 0 Å². The van der Waals surface area contributed by atoms with Crippen LogP contribution in [-0.4, -0.2) is 12.6 Å². The number of nitrogens with zero attached hydrogens (tertiary/aromatic N) is 3. The van der Waals surface area contributed by atoms with Gasteiger partial charge in [0, 0.05) is 10.5 Å². The lowest BCUT2D eigenvalue weighted by Crippen LogP contribution is -2.06. The lowest BCUT2D eigenvalue weighted by molar-refractivity contribution is -0.138. The summed E-state index contributed by atoms with van der Waals surface area (Å²) < 4.78 is 43.6. The van der Waals surface area contributed by atoms with Gasteiger partial charge in [-0.15, -0.1) is 0 Å². The molecule has 0 heterocycles. The molecule has 100 valence electrons. The number of esters is 1. The average molecular weight is 271 g/mol. The summed E-state index contributed by atoms with van der Waals surface area (Å²) in [5, 5.41) is 3.02. The van der Waals surface area contributed by atoms with Crippen LogP contribution in [0.1, 0.15) is 12.5 Å². The summed E-state index contributed by atoms with van der Waals surface area (Å²) in [6.45, 7) is 1.53. The van der Waals surface area contributed by atoms with Gasteiger partial charge in [0.1, 0.15) is 5.70 Å². The van der Waals surface area contributed by atoms with E-state index >= 15 is 0 Å². The van der Waals surface area contributed by atoms with Crippen LogP contribution in [-0.2, 0) is 9.53 Å². The van der Waals surface area contributed by atoms with E-state index in [9.17, 15) is 18.0 Å². The molecule has 0 saturated carbocycles. The maximum Gasteiger partial charge on any atom is 0.340 e. The van der Waals surface area contributed by atoms with Gasteiger partial charge in [-0.05, 0) is 30.7 Å². The van der Waals surface area contributed by atoms with Crippen LogP contribution in [0.3, 0.4) is 0 Å². The zero-order chi connectivity index (χ0) is 14.4. The predicted octanol–water partition coefficient (Wildman–Crippen LogP) is 3.32. The number of halogens is 3. The van der Waals surface area contributed by atoms with Crippen molar-refractivity contribution in [1.29, 1.82) is 0 Å². The minimum Gasteiger partial charge on any atom is -0.462 e. The molecule has 0 N–H and O–H groups in total. The zero-order valence-electron chi connectivity index (χ0n) is 9.73. The van der Waals surface area contributed by atoms with Crippen molar-refractivity contribution in [3.8, 4) is 0 Å². The molecule has 0 radical (unpaired) electrons. The second-order valence-electron chi connectivity index (χ2n) is 3.20. The molecule has 8 heteroatoms. The highest BCUT2D eigenvalue weighted by Gasteiger charge is 2.15. The second kappa shape index (κ2) is 6.46. The maximum atomic E-state index is 13.4. The third-order valence-corrected chi connectivity index (χ3v) is 1.99. The van der Waals surface area contributed by atoms with Crippen molar-refractivity contribution in [3.63, 3.8) is 0 Å². The number of carbonyl (C=O) groups is 1. The van der Waals surface area contributed by atoms with Crippen LogP contribution in [0.5, 0.6) is 0 Å². The molecular weight excluding hydrogens is 263 g/mol. The molecule has 0 bridgehead atoms. The first-order valence-corrected chi connectivity index (χ1v) is 5.08. The van der Waals surface area contributed by atoms with Gasteiger partial charge in [0.25, 0.3) is 0 Å². The largest absolute Gasteiger partial charge is 0.462 e. The van der Waals surface area contributed by atoms with Crippen molar-refractivity contribution in [2.75, 3.05) is 6.61 Å². The van der Waals surface area contributed by atoms with Gasteiger partial charge in [-0.2, -0.15) is 0 Å². The molecule has 5 nitrogen and oxygen atoms in total. The first-order valence-electron chi connectivity index (χ1n) is 5.08. The summed E-state index contributed by atoms with van der Waals surface area (Å²) in [5.41, 5.74) is 7.29. The second-order valence-corrected chi connectivity index (χ2v) is 3.20. The Labute approximate surface area is 105 Å². The quantitative estimate of drug-likeness (QED) is 0.210. The minimum absolute atomic E-state index is 0.0113. The van der Waals surface area contributed by atoms with Gasteiger partial charge >= 0.3 is 5.97 Å². The molecule has 0 atom stereocenters. The molecule has 0 amide bonds. The summed E-state index contributed by atoms with van der Waals surface area (Å²) >= 11 is 0. The normalized spacial score (nSPS) is 10.8. The molecule has 0 aliphatic heterocycles. The summed E-state index contributed by atoms with van der Waals surface area (Å²) in [4.78, 5) is 13.7. The van der Waals surface area contributed by atoms with Gasteiger partial charge in [0.15, 0.2) is 17.5 Å². The molecule has 0 aliphatic carbocycles. The molecule has 0 unspecified atom stereocenters. The zero-order valence-corrected chi connectivity index (χ0v) is 9.73. The SMILES string of the molecule is CCOC(=O)/C(=C/c1ccc(F)c(F)c1F)N=[N+]=[N-]. The predicted molar refractivity (Wildman–Crippen MR) is 60.1 cm³/mol. The Morgan fingerprint density at radius 3 is 2.68 bits per heavy atom. The Morgan fingerprint density at radius 1 is 1.42 bits per heavy atom. The van der Waals surface area contributed by atoms with Crippen LogP contribution in [0.25, 0.3) is 16.5 Å². The Kier molecular flexibility index (Phi) is 4.96. The van der Waals surface area contributed by atoms with Crippen molar-refractivity contribution < 1.29 is 22.7 Å². The van der Waals surface area contributed by atoms with Crippen LogP contribution >= 0.6 is 0 Å². The molecular formula is C11H8F3N3O2. The van der Waals surface area contributed by atoms with Crippen molar-refractivity contribution in [2.24, 2.45) is 5.11 Å². The van der Waals surface area contributed by atoms with E-state index in [0.717, 1.165) is 12.1 Å². The van der Waals surface area contributed by atoms with Crippen LogP contribution in [0.2, 0.25) is 0 Å². The topological polar surface area (TPSA) is 75.1 Å². The Bertz CT molecular complexity index is 581. The average Bonchev–Trinajstić information content (AvgIpc) is 2.38.